The van der Waals surface area contributed by atoms with Crippen molar-refractivity contribution in [2.75, 3.05) is 19.8 Å². The average Bonchev–Trinajstić information content (AvgIpc) is 3.33. The van der Waals surface area contributed by atoms with Crippen molar-refractivity contribution in [2.24, 2.45) is 5.92 Å². The van der Waals surface area contributed by atoms with Crippen molar-refractivity contribution in [3.05, 3.63) is 71.9 Å². The Morgan fingerprint density at radius 2 is 1.96 bits per heavy atom. The van der Waals surface area contributed by atoms with Gasteiger partial charge in [-0.15, -0.1) is 0 Å². The van der Waals surface area contributed by atoms with E-state index in [1.165, 1.54) is 16.5 Å². The molecule has 4 rings (SSSR count). The zero-order chi connectivity index (χ0) is 17.1. The first-order chi connectivity index (χ1) is 12.3. The number of hydrogen-bond acceptors (Lipinski definition) is 2. The highest BCUT2D eigenvalue weighted by Crippen LogP contribution is 2.30. The summed E-state index contributed by atoms with van der Waals surface area (Å²) >= 11 is 0. The minimum atomic E-state index is -0.0145. The number of benzene rings is 2. The highest BCUT2D eigenvalue weighted by molar-refractivity contribution is 5.84. The van der Waals surface area contributed by atoms with Gasteiger partial charge in [0.25, 0.3) is 0 Å². The SMILES string of the molecule is O=C(NC[C@@H](c1ccccc1)c1c[nH]c2ccccc12)[C@H]1CCOC1. The van der Waals surface area contributed by atoms with Gasteiger partial charge >= 0.3 is 0 Å². The quantitative estimate of drug-likeness (QED) is 0.751. The van der Waals surface area contributed by atoms with Crippen LogP contribution in [0.15, 0.2) is 60.8 Å². The van der Waals surface area contributed by atoms with Crippen LogP contribution < -0.4 is 5.32 Å². The van der Waals surface area contributed by atoms with Crippen LogP contribution in [0.2, 0.25) is 0 Å². The third-order valence-electron chi connectivity index (χ3n) is 4.98. The maximum absolute atomic E-state index is 12.4. The molecule has 2 aromatic carbocycles. The molecule has 2 N–H and O–H groups in total. The van der Waals surface area contributed by atoms with Crippen LogP contribution in [0.1, 0.15) is 23.5 Å². The van der Waals surface area contributed by atoms with Gasteiger partial charge in [-0.05, 0) is 23.6 Å². The molecule has 128 valence electrons. The fourth-order valence-electron chi connectivity index (χ4n) is 3.56. The summed E-state index contributed by atoms with van der Waals surface area (Å²) in [5, 5.41) is 4.35. The summed E-state index contributed by atoms with van der Waals surface area (Å²) in [5.74, 6) is 0.196. The minimum Gasteiger partial charge on any atom is -0.381 e. The summed E-state index contributed by atoms with van der Waals surface area (Å²) < 4.78 is 5.33. The standard InChI is InChI=1S/C21H22N2O2/c24-21(16-10-11-25-14-16)23-12-18(15-6-2-1-3-7-15)19-13-22-20-9-5-4-8-17(19)20/h1-9,13,16,18,22H,10-12,14H2,(H,23,24)/t16-,18-/m0/s1. The Hall–Kier alpha value is -2.59. The third kappa shape index (κ3) is 3.30. The van der Waals surface area contributed by atoms with Crippen molar-refractivity contribution in [1.29, 1.82) is 0 Å². The Morgan fingerprint density at radius 3 is 2.76 bits per heavy atom. The molecular formula is C21H22N2O2. The van der Waals surface area contributed by atoms with Gasteiger partial charge in [0, 0.05) is 36.2 Å². The van der Waals surface area contributed by atoms with E-state index < -0.39 is 0 Å². The Bertz CT molecular complexity index is 850. The normalized spacial score (nSPS) is 18.3. The fraction of sp³-hybridized carbons (Fsp3) is 0.286. The molecule has 1 saturated heterocycles. The lowest BCUT2D eigenvalue weighted by Crippen LogP contribution is -2.34. The second kappa shape index (κ2) is 7.11. The monoisotopic (exact) mass is 334 g/mol. The van der Waals surface area contributed by atoms with E-state index in [-0.39, 0.29) is 17.7 Å². The van der Waals surface area contributed by atoms with E-state index in [0.717, 1.165) is 11.9 Å². The number of para-hydroxylation sites is 1. The first-order valence-electron chi connectivity index (χ1n) is 8.79. The van der Waals surface area contributed by atoms with Crippen LogP contribution >= 0.6 is 0 Å². The van der Waals surface area contributed by atoms with Crippen LogP contribution in [0, 0.1) is 5.92 Å². The molecule has 1 aromatic heterocycles. The Labute approximate surface area is 147 Å². The molecule has 2 atom stereocenters. The molecule has 0 aliphatic carbocycles. The number of rotatable bonds is 5. The van der Waals surface area contributed by atoms with E-state index in [2.05, 4.69) is 46.8 Å². The van der Waals surface area contributed by atoms with Gasteiger partial charge in [-0.25, -0.2) is 0 Å². The van der Waals surface area contributed by atoms with Crippen LogP contribution in [0.3, 0.4) is 0 Å². The number of ether oxygens (including phenoxy) is 1. The smallest absolute Gasteiger partial charge is 0.225 e. The predicted molar refractivity (Wildman–Crippen MR) is 98.5 cm³/mol. The number of amides is 1. The van der Waals surface area contributed by atoms with Gasteiger partial charge in [0.05, 0.1) is 12.5 Å². The first-order valence-corrected chi connectivity index (χ1v) is 8.79. The largest absolute Gasteiger partial charge is 0.381 e. The number of H-pyrrole nitrogens is 1. The zero-order valence-corrected chi connectivity index (χ0v) is 14.1. The van der Waals surface area contributed by atoms with Crippen molar-refractivity contribution in [2.45, 2.75) is 12.3 Å². The lowest BCUT2D eigenvalue weighted by atomic mass is 9.90. The number of nitrogens with one attached hydrogen (secondary N) is 2. The van der Waals surface area contributed by atoms with Gasteiger partial charge in [0.2, 0.25) is 5.91 Å². The molecule has 4 nitrogen and oxygen atoms in total. The predicted octanol–water partition coefficient (Wildman–Crippen LogP) is 3.45. The Morgan fingerprint density at radius 1 is 1.16 bits per heavy atom. The summed E-state index contributed by atoms with van der Waals surface area (Å²) in [5.41, 5.74) is 3.54. The van der Waals surface area contributed by atoms with Gasteiger partial charge in [0.15, 0.2) is 0 Å². The molecule has 4 heteroatoms. The summed E-state index contributed by atoms with van der Waals surface area (Å²) in [6.07, 6.45) is 2.88. The van der Waals surface area contributed by atoms with Crippen molar-refractivity contribution in [3.8, 4) is 0 Å². The van der Waals surface area contributed by atoms with Gasteiger partial charge in [0.1, 0.15) is 0 Å². The summed E-state index contributed by atoms with van der Waals surface area (Å²) in [7, 11) is 0. The Balaban J connectivity index is 1.62. The highest BCUT2D eigenvalue weighted by Gasteiger charge is 2.25. The molecule has 0 bridgehead atoms. The maximum Gasteiger partial charge on any atom is 0.225 e. The molecule has 0 saturated carbocycles. The fourth-order valence-corrected chi connectivity index (χ4v) is 3.56. The van der Waals surface area contributed by atoms with E-state index >= 15 is 0 Å². The van der Waals surface area contributed by atoms with E-state index in [1.807, 2.05) is 24.3 Å². The number of carbonyl (C=O) groups excluding carboxylic acids is 1. The number of carbonyl (C=O) groups is 1. The maximum atomic E-state index is 12.4. The lowest BCUT2D eigenvalue weighted by Gasteiger charge is -2.19. The van der Waals surface area contributed by atoms with Crippen LogP contribution in [0.25, 0.3) is 10.9 Å². The molecule has 1 aliphatic heterocycles. The van der Waals surface area contributed by atoms with Gasteiger partial charge < -0.3 is 15.0 Å². The highest BCUT2D eigenvalue weighted by atomic mass is 16.5. The van der Waals surface area contributed by atoms with Crippen LogP contribution in [-0.4, -0.2) is 30.6 Å². The summed E-state index contributed by atoms with van der Waals surface area (Å²) in [6.45, 7) is 1.80. The number of fused-ring (bicyclic) bond motifs is 1. The molecular weight excluding hydrogens is 312 g/mol. The van der Waals surface area contributed by atoms with Crippen LogP contribution in [-0.2, 0) is 9.53 Å². The van der Waals surface area contributed by atoms with E-state index in [0.29, 0.717) is 19.8 Å². The molecule has 1 aliphatic rings. The summed E-state index contributed by atoms with van der Waals surface area (Å²) in [4.78, 5) is 15.8. The van der Waals surface area contributed by atoms with Crippen molar-refractivity contribution >= 4 is 16.8 Å². The molecule has 1 amide bonds. The molecule has 0 spiro atoms. The van der Waals surface area contributed by atoms with E-state index in [4.69, 9.17) is 4.74 Å². The van der Waals surface area contributed by atoms with Crippen LogP contribution in [0.5, 0.6) is 0 Å². The zero-order valence-electron chi connectivity index (χ0n) is 14.1. The summed E-state index contributed by atoms with van der Waals surface area (Å²) in [6, 6.07) is 18.6. The van der Waals surface area contributed by atoms with Crippen molar-refractivity contribution in [3.63, 3.8) is 0 Å². The molecule has 0 unspecified atom stereocenters. The first kappa shape index (κ1) is 15.9. The molecule has 0 radical (unpaired) electrons. The Kier molecular flexibility index (Phi) is 4.53. The molecule has 2 heterocycles. The second-order valence-corrected chi connectivity index (χ2v) is 6.56. The number of hydrogen-bond donors (Lipinski definition) is 2. The van der Waals surface area contributed by atoms with Crippen molar-refractivity contribution in [1.82, 2.24) is 10.3 Å². The third-order valence-corrected chi connectivity index (χ3v) is 4.98. The lowest BCUT2D eigenvalue weighted by molar-refractivity contribution is -0.124. The second-order valence-electron chi connectivity index (χ2n) is 6.56. The average molecular weight is 334 g/mol. The van der Waals surface area contributed by atoms with E-state index in [9.17, 15) is 4.79 Å². The van der Waals surface area contributed by atoms with Crippen molar-refractivity contribution < 1.29 is 9.53 Å². The van der Waals surface area contributed by atoms with Gasteiger partial charge in [-0.3, -0.25) is 4.79 Å². The van der Waals surface area contributed by atoms with Crippen LogP contribution in [0.4, 0.5) is 0 Å². The number of aromatic amines is 1. The minimum absolute atomic E-state index is 0.0145. The topological polar surface area (TPSA) is 54.1 Å². The van der Waals surface area contributed by atoms with Gasteiger partial charge in [-0.1, -0.05) is 48.5 Å². The van der Waals surface area contributed by atoms with Gasteiger partial charge in [-0.2, -0.15) is 0 Å². The molecule has 25 heavy (non-hydrogen) atoms. The number of aromatic nitrogens is 1. The molecule has 3 aromatic rings. The van der Waals surface area contributed by atoms with E-state index in [1.54, 1.807) is 0 Å². The molecule has 1 fully saturated rings.